The average Bonchev–Trinajstić information content (AvgIpc) is 2.65. The van der Waals surface area contributed by atoms with Crippen molar-refractivity contribution in [2.75, 3.05) is 11.9 Å². The number of hydrogen-bond acceptors (Lipinski definition) is 6. The molecule has 2 rings (SSSR count). The van der Waals surface area contributed by atoms with E-state index in [0.29, 0.717) is 5.70 Å². The van der Waals surface area contributed by atoms with Crippen LogP contribution in [-0.2, 0) is 14.3 Å². The maximum absolute atomic E-state index is 11.4. The molecule has 0 aliphatic carbocycles. The Balaban J connectivity index is 2.13. The van der Waals surface area contributed by atoms with Crippen LogP contribution in [0, 0.1) is 0 Å². The molecule has 0 amide bonds. The lowest BCUT2D eigenvalue weighted by Crippen LogP contribution is -2.30. The second kappa shape index (κ2) is 5.75. The number of esters is 1. The number of cyclic esters (lactones) is 1. The van der Waals surface area contributed by atoms with Gasteiger partial charge in [0.25, 0.3) is 6.16 Å². The largest absolute Gasteiger partial charge is 0.545 e. The quantitative estimate of drug-likeness (QED) is 0.830. The van der Waals surface area contributed by atoms with Gasteiger partial charge in [0, 0.05) is 5.69 Å². The van der Waals surface area contributed by atoms with Crippen molar-refractivity contribution in [3.63, 3.8) is 0 Å². The number of carbonyl (C=O) groups excluding carboxylic acids is 2. The third-order valence-corrected chi connectivity index (χ3v) is 3.14. The Morgan fingerprint density at radius 3 is 2.74 bits per heavy atom. The zero-order chi connectivity index (χ0) is 13.8. The summed E-state index contributed by atoms with van der Waals surface area (Å²) in [6, 6.07) is 9.09. The van der Waals surface area contributed by atoms with E-state index in [1.807, 2.05) is 18.2 Å². The summed E-state index contributed by atoms with van der Waals surface area (Å²) in [7, 11) is 0. The van der Waals surface area contributed by atoms with E-state index < -0.39 is 18.2 Å². The Bertz CT molecular complexity index is 528. The molecule has 1 heterocycles. The molecule has 100 valence electrons. The van der Waals surface area contributed by atoms with Gasteiger partial charge in [-0.2, -0.15) is 0 Å². The summed E-state index contributed by atoms with van der Waals surface area (Å²) in [6.45, 7) is -0.321. The molecule has 0 bridgehead atoms. The molecule has 7 heteroatoms. The van der Waals surface area contributed by atoms with Crippen molar-refractivity contribution in [3.05, 3.63) is 40.5 Å². The van der Waals surface area contributed by atoms with Gasteiger partial charge in [-0.05, 0) is 28.1 Å². The summed E-state index contributed by atoms with van der Waals surface area (Å²) in [5.41, 5.74) is 1.16. The van der Waals surface area contributed by atoms with E-state index in [1.54, 1.807) is 12.1 Å². The Kier molecular flexibility index (Phi) is 4.06. The van der Waals surface area contributed by atoms with E-state index in [-0.39, 0.29) is 11.1 Å². The van der Waals surface area contributed by atoms with E-state index in [0.717, 1.165) is 5.69 Å². The third kappa shape index (κ3) is 3.25. The summed E-state index contributed by atoms with van der Waals surface area (Å²) in [5, 5.41) is 13.3. The van der Waals surface area contributed by atoms with Crippen LogP contribution in [0.4, 0.5) is 10.5 Å². The van der Waals surface area contributed by atoms with Crippen molar-refractivity contribution in [1.82, 2.24) is 0 Å². The molecule has 0 saturated heterocycles. The molecule has 0 radical (unpaired) electrons. The molecule has 0 fully saturated rings. The predicted molar refractivity (Wildman–Crippen MR) is 67.2 cm³/mol. The number of carbonyl (C=O) groups is 2. The number of halogens is 1. The SMILES string of the molecule is O=C([O-])OCC1OC(=O)C(Br)=C1Nc1ccccc1. The van der Waals surface area contributed by atoms with Gasteiger partial charge in [0.2, 0.25) is 0 Å². The molecule has 1 aliphatic rings. The van der Waals surface area contributed by atoms with Crippen molar-refractivity contribution in [3.8, 4) is 0 Å². The first-order valence-electron chi connectivity index (χ1n) is 5.34. The Morgan fingerprint density at radius 1 is 1.42 bits per heavy atom. The van der Waals surface area contributed by atoms with Gasteiger partial charge in [-0.25, -0.2) is 4.79 Å². The molecular weight excluding hydrogens is 318 g/mol. The number of ether oxygens (including phenoxy) is 2. The van der Waals surface area contributed by atoms with Crippen molar-refractivity contribution >= 4 is 33.7 Å². The molecule has 1 aliphatic heterocycles. The number of benzene rings is 1. The molecule has 19 heavy (non-hydrogen) atoms. The Hall–Kier alpha value is -2.02. The number of anilines is 1. The molecule has 1 aromatic carbocycles. The highest BCUT2D eigenvalue weighted by atomic mass is 79.9. The number of hydrogen-bond donors (Lipinski definition) is 1. The fourth-order valence-corrected chi connectivity index (χ4v) is 2.01. The van der Waals surface area contributed by atoms with Crippen molar-refractivity contribution in [1.29, 1.82) is 0 Å². The fraction of sp³-hybridized carbons (Fsp3) is 0.167. The van der Waals surface area contributed by atoms with E-state index in [4.69, 9.17) is 4.74 Å². The van der Waals surface area contributed by atoms with Gasteiger partial charge < -0.3 is 24.7 Å². The number of rotatable bonds is 4. The van der Waals surface area contributed by atoms with Crippen LogP contribution in [0.15, 0.2) is 40.5 Å². The van der Waals surface area contributed by atoms with Gasteiger partial charge in [0.05, 0.1) is 12.3 Å². The second-order valence-electron chi connectivity index (χ2n) is 3.67. The first kappa shape index (κ1) is 13.4. The average molecular weight is 327 g/mol. The smallest absolute Gasteiger partial charge is 0.347 e. The van der Waals surface area contributed by atoms with Crippen molar-refractivity contribution in [2.24, 2.45) is 0 Å². The number of para-hydroxylation sites is 1. The van der Waals surface area contributed by atoms with E-state index >= 15 is 0 Å². The zero-order valence-electron chi connectivity index (χ0n) is 9.59. The van der Waals surface area contributed by atoms with Crippen LogP contribution in [-0.4, -0.2) is 24.8 Å². The van der Waals surface area contributed by atoms with Crippen LogP contribution in [0.3, 0.4) is 0 Å². The highest BCUT2D eigenvalue weighted by molar-refractivity contribution is 9.12. The third-order valence-electron chi connectivity index (χ3n) is 2.39. The number of nitrogens with one attached hydrogen (secondary N) is 1. The molecule has 0 spiro atoms. The van der Waals surface area contributed by atoms with Crippen LogP contribution in [0.25, 0.3) is 0 Å². The molecule has 0 aromatic heterocycles. The first-order valence-corrected chi connectivity index (χ1v) is 6.13. The summed E-state index contributed by atoms with van der Waals surface area (Å²) < 4.78 is 9.51. The maximum atomic E-state index is 11.4. The molecule has 0 saturated carbocycles. The molecule has 1 N–H and O–H groups in total. The first-order chi connectivity index (χ1) is 9.08. The second-order valence-corrected chi connectivity index (χ2v) is 4.47. The van der Waals surface area contributed by atoms with Crippen LogP contribution < -0.4 is 10.4 Å². The van der Waals surface area contributed by atoms with Gasteiger partial charge in [0.15, 0.2) is 6.10 Å². The lowest BCUT2D eigenvalue weighted by atomic mass is 10.2. The lowest BCUT2D eigenvalue weighted by molar-refractivity contribution is -0.284. The Labute approximate surface area is 117 Å². The van der Waals surface area contributed by atoms with Crippen LogP contribution >= 0.6 is 15.9 Å². The standard InChI is InChI=1S/C12H10BrNO5/c13-9-10(14-7-4-2-1-3-5-7)8(19-11(9)15)6-18-12(16)17/h1-5,8,14H,6H2,(H,16,17)/p-1. The highest BCUT2D eigenvalue weighted by Crippen LogP contribution is 2.28. The fourth-order valence-electron chi connectivity index (χ4n) is 1.56. The summed E-state index contributed by atoms with van der Waals surface area (Å²) in [4.78, 5) is 21.7. The van der Waals surface area contributed by atoms with Crippen LogP contribution in [0.5, 0.6) is 0 Å². The molecular formula is C12H9BrNO5-. The molecule has 1 unspecified atom stereocenters. The normalized spacial score (nSPS) is 18.2. The predicted octanol–water partition coefficient (Wildman–Crippen LogP) is 0.990. The topological polar surface area (TPSA) is 87.7 Å². The monoisotopic (exact) mass is 326 g/mol. The lowest BCUT2D eigenvalue weighted by Gasteiger charge is -2.18. The van der Waals surface area contributed by atoms with E-state index in [9.17, 15) is 14.7 Å². The zero-order valence-corrected chi connectivity index (χ0v) is 11.2. The molecule has 6 nitrogen and oxygen atoms in total. The maximum Gasteiger partial charge on any atom is 0.347 e. The van der Waals surface area contributed by atoms with E-state index in [2.05, 4.69) is 26.0 Å². The number of carboxylic acid groups (broad SMARTS) is 1. The van der Waals surface area contributed by atoms with Crippen LogP contribution in [0.1, 0.15) is 0 Å². The van der Waals surface area contributed by atoms with Gasteiger partial charge in [0.1, 0.15) is 4.48 Å². The van der Waals surface area contributed by atoms with Crippen molar-refractivity contribution in [2.45, 2.75) is 6.10 Å². The summed E-state index contributed by atoms with van der Waals surface area (Å²) in [6.07, 6.45) is -2.49. The Morgan fingerprint density at radius 2 is 2.11 bits per heavy atom. The van der Waals surface area contributed by atoms with Crippen LogP contribution in [0.2, 0.25) is 0 Å². The highest BCUT2D eigenvalue weighted by Gasteiger charge is 2.32. The van der Waals surface area contributed by atoms with Gasteiger partial charge in [-0.15, -0.1) is 0 Å². The van der Waals surface area contributed by atoms with E-state index in [1.165, 1.54) is 0 Å². The summed E-state index contributed by atoms with van der Waals surface area (Å²) in [5.74, 6) is -0.578. The minimum atomic E-state index is -1.67. The van der Waals surface area contributed by atoms with Crippen molar-refractivity contribution < 1.29 is 24.2 Å². The molecule has 1 atom stereocenters. The molecule has 1 aromatic rings. The van der Waals surface area contributed by atoms with Gasteiger partial charge >= 0.3 is 5.97 Å². The minimum absolute atomic E-state index is 0.211. The summed E-state index contributed by atoms with van der Waals surface area (Å²) >= 11 is 3.10. The van der Waals surface area contributed by atoms with Gasteiger partial charge in [-0.1, -0.05) is 18.2 Å². The minimum Gasteiger partial charge on any atom is -0.545 e. The van der Waals surface area contributed by atoms with Gasteiger partial charge in [-0.3, -0.25) is 0 Å².